The Hall–Kier alpha value is -3.88. The molecule has 0 unspecified atom stereocenters. The molecule has 3 aromatic heterocycles. The van der Waals surface area contributed by atoms with E-state index in [1.165, 1.54) is 4.68 Å². The van der Waals surface area contributed by atoms with Crippen molar-refractivity contribution in [3.8, 4) is 11.4 Å². The molecule has 0 aliphatic carbocycles. The first kappa shape index (κ1) is 18.5. The SMILES string of the molecule is CC(C)n1nc(C(=O)NCc2nc(-c3ccncc3)no2)c2ccccc2c1=O. The first-order valence-electron chi connectivity index (χ1n) is 9.07. The van der Waals surface area contributed by atoms with Crippen molar-refractivity contribution in [2.24, 2.45) is 0 Å². The van der Waals surface area contributed by atoms with Crippen molar-refractivity contribution in [1.29, 1.82) is 0 Å². The van der Waals surface area contributed by atoms with E-state index in [0.717, 1.165) is 5.56 Å². The highest BCUT2D eigenvalue weighted by Crippen LogP contribution is 2.16. The van der Waals surface area contributed by atoms with Gasteiger partial charge in [0.1, 0.15) is 0 Å². The molecule has 0 atom stereocenters. The van der Waals surface area contributed by atoms with Crippen molar-refractivity contribution >= 4 is 16.7 Å². The van der Waals surface area contributed by atoms with Crippen LogP contribution >= 0.6 is 0 Å². The molecule has 3 heterocycles. The zero-order chi connectivity index (χ0) is 20.4. The van der Waals surface area contributed by atoms with Crippen molar-refractivity contribution in [2.45, 2.75) is 26.4 Å². The number of amides is 1. The molecule has 0 radical (unpaired) electrons. The molecule has 29 heavy (non-hydrogen) atoms. The quantitative estimate of drug-likeness (QED) is 0.556. The van der Waals surface area contributed by atoms with Crippen LogP contribution in [0, 0.1) is 0 Å². The number of carbonyl (C=O) groups excluding carboxylic acids is 1. The minimum Gasteiger partial charge on any atom is -0.342 e. The van der Waals surface area contributed by atoms with Gasteiger partial charge in [0.15, 0.2) is 5.69 Å². The van der Waals surface area contributed by atoms with Gasteiger partial charge in [-0.15, -0.1) is 0 Å². The predicted molar refractivity (Wildman–Crippen MR) is 105 cm³/mol. The normalized spacial score (nSPS) is 11.1. The minimum absolute atomic E-state index is 0.0354. The number of benzene rings is 1. The van der Waals surface area contributed by atoms with Gasteiger partial charge >= 0.3 is 0 Å². The number of carbonyl (C=O) groups is 1. The van der Waals surface area contributed by atoms with Crippen LogP contribution in [0.2, 0.25) is 0 Å². The van der Waals surface area contributed by atoms with Crippen LogP contribution in [0.3, 0.4) is 0 Å². The summed E-state index contributed by atoms with van der Waals surface area (Å²) < 4.78 is 6.51. The second-order valence-electron chi connectivity index (χ2n) is 6.67. The summed E-state index contributed by atoms with van der Waals surface area (Å²) in [7, 11) is 0. The van der Waals surface area contributed by atoms with Crippen LogP contribution in [0.1, 0.15) is 36.3 Å². The molecular formula is C20H18N6O3. The Bertz CT molecular complexity index is 1230. The third-order valence-corrected chi connectivity index (χ3v) is 4.34. The summed E-state index contributed by atoms with van der Waals surface area (Å²) in [6.45, 7) is 3.71. The molecule has 146 valence electrons. The average molecular weight is 390 g/mol. The Labute approximate surface area is 165 Å². The van der Waals surface area contributed by atoms with Gasteiger partial charge in [0, 0.05) is 23.3 Å². The molecule has 0 saturated carbocycles. The van der Waals surface area contributed by atoms with E-state index in [-0.39, 0.29) is 29.7 Å². The van der Waals surface area contributed by atoms with E-state index in [9.17, 15) is 9.59 Å². The van der Waals surface area contributed by atoms with Gasteiger partial charge in [0.05, 0.1) is 18.0 Å². The Morgan fingerprint density at radius 2 is 1.86 bits per heavy atom. The molecule has 0 bridgehead atoms. The van der Waals surface area contributed by atoms with Crippen molar-refractivity contribution in [1.82, 2.24) is 30.2 Å². The number of nitrogens with zero attached hydrogens (tertiary/aromatic N) is 5. The molecule has 0 aliphatic heterocycles. The van der Waals surface area contributed by atoms with Crippen LogP contribution in [-0.4, -0.2) is 30.8 Å². The highest BCUT2D eigenvalue weighted by molar-refractivity contribution is 6.04. The van der Waals surface area contributed by atoms with Gasteiger partial charge in [-0.3, -0.25) is 14.6 Å². The lowest BCUT2D eigenvalue weighted by Gasteiger charge is -2.13. The van der Waals surface area contributed by atoms with Crippen LogP contribution in [0.5, 0.6) is 0 Å². The van der Waals surface area contributed by atoms with Gasteiger partial charge in [-0.2, -0.15) is 10.1 Å². The first-order valence-corrected chi connectivity index (χ1v) is 9.07. The lowest BCUT2D eigenvalue weighted by molar-refractivity contribution is 0.0940. The summed E-state index contributed by atoms with van der Waals surface area (Å²) in [5, 5.41) is 11.9. The Morgan fingerprint density at radius 1 is 1.14 bits per heavy atom. The lowest BCUT2D eigenvalue weighted by atomic mass is 10.1. The number of aromatic nitrogens is 5. The second-order valence-corrected chi connectivity index (χ2v) is 6.67. The fraction of sp³-hybridized carbons (Fsp3) is 0.200. The van der Waals surface area contributed by atoms with Crippen molar-refractivity contribution in [3.05, 3.63) is 70.7 Å². The number of nitrogens with one attached hydrogen (secondary N) is 1. The summed E-state index contributed by atoms with van der Waals surface area (Å²) >= 11 is 0. The number of rotatable bonds is 5. The second kappa shape index (κ2) is 7.63. The number of hydrogen-bond acceptors (Lipinski definition) is 7. The van der Waals surface area contributed by atoms with Crippen molar-refractivity contribution in [3.63, 3.8) is 0 Å². The summed E-state index contributed by atoms with van der Waals surface area (Å²) in [6, 6.07) is 10.3. The van der Waals surface area contributed by atoms with Gasteiger partial charge in [0.25, 0.3) is 11.5 Å². The van der Waals surface area contributed by atoms with E-state index in [0.29, 0.717) is 16.6 Å². The molecule has 9 heteroatoms. The third-order valence-electron chi connectivity index (χ3n) is 4.34. The van der Waals surface area contributed by atoms with Gasteiger partial charge in [0.2, 0.25) is 11.7 Å². The Balaban J connectivity index is 1.59. The molecule has 1 N–H and O–H groups in total. The number of pyridine rings is 1. The minimum atomic E-state index is -0.431. The van der Waals surface area contributed by atoms with Gasteiger partial charge in [-0.05, 0) is 32.0 Å². The molecule has 0 aliphatic rings. The van der Waals surface area contributed by atoms with E-state index < -0.39 is 5.91 Å². The maximum absolute atomic E-state index is 12.8. The van der Waals surface area contributed by atoms with E-state index in [1.807, 2.05) is 13.8 Å². The van der Waals surface area contributed by atoms with Crippen LogP contribution in [0.25, 0.3) is 22.2 Å². The summed E-state index contributed by atoms with van der Waals surface area (Å²) in [4.78, 5) is 33.6. The van der Waals surface area contributed by atoms with Crippen LogP contribution in [0.4, 0.5) is 0 Å². The molecule has 0 spiro atoms. The largest absolute Gasteiger partial charge is 0.342 e. The summed E-state index contributed by atoms with van der Waals surface area (Å²) in [5.74, 6) is 0.236. The topological polar surface area (TPSA) is 116 Å². The predicted octanol–water partition coefficient (Wildman–Crippen LogP) is 2.35. The maximum atomic E-state index is 12.8. The molecule has 1 amide bonds. The molecular weight excluding hydrogens is 372 g/mol. The fourth-order valence-corrected chi connectivity index (χ4v) is 2.91. The van der Waals surface area contributed by atoms with Crippen molar-refractivity contribution in [2.75, 3.05) is 0 Å². The smallest absolute Gasteiger partial charge is 0.274 e. The van der Waals surface area contributed by atoms with E-state index in [1.54, 1.807) is 48.8 Å². The van der Waals surface area contributed by atoms with E-state index >= 15 is 0 Å². The highest BCUT2D eigenvalue weighted by Gasteiger charge is 2.18. The van der Waals surface area contributed by atoms with Gasteiger partial charge in [-0.25, -0.2) is 4.68 Å². The molecule has 4 rings (SSSR count). The average Bonchev–Trinajstić information content (AvgIpc) is 3.22. The van der Waals surface area contributed by atoms with Crippen LogP contribution in [0.15, 0.2) is 58.1 Å². The summed E-state index contributed by atoms with van der Waals surface area (Å²) in [5.41, 5.74) is 0.701. The molecule has 0 saturated heterocycles. The van der Waals surface area contributed by atoms with Crippen molar-refractivity contribution < 1.29 is 9.32 Å². The number of hydrogen-bond donors (Lipinski definition) is 1. The van der Waals surface area contributed by atoms with Gasteiger partial charge < -0.3 is 9.84 Å². The zero-order valence-electron chi connectivity index (χ0n) is 15.9. The fourth-order valence-electron chi connectivity index (χ4n) is 2.91. The maximum Gasteiger partial charge on any atom is 0.274 e. The van der Waals surface area contributed by atoms with E-state index in [2.05, 4.69) is 25.5 Å². The zero-order valence-corrected chi connectivity index (χ0v) is 15.9. The standard InChI is InChI=1S/C20H18N6O3/c1-12(2)26-20(28)15-6-4-3-5-14(15)17(24-26)19(27)22-11-16-23-18(25-29-16)13-7-9-21-10-8-13/h3-10,12H,11H2,1-2H3,(H,22,27). The summed E-state index contributed by atoms with van der Waals surface area (Å²) in [6.07, 6.45) is 3.27. The van der Waals surface area contributed by atoms with E-state index in [4.69, 9.17) is 4.52 Å². The monoisotopic (exact) mass is 390 g/mol. The molecule has 1 aromatic carbocycles. The van der Waals surface area contributed by atoms with Crippen LogP contribution in [-0.2, 0) is 6.54 Å². The Morgan fingerprint density at radius 3 is 2.59 bits per heavy atom. The Kier molecular flexibility index (Phi) is 4.86. The molecule has 4 aromatic rings. The number of fused-ring (bicyclic) bond motifs is 1. The van der Waals surface area contributed by atoms with Crippen LogP contribution < -0.4 is 10.9 Å². The third kappa shape index (κ3) is 3.62. The molecule has 9 nitrogen and oxygen atoms in total. The first-order chi connectivity index (χ1) is 14.0. The van der Waals surface area contributed by atoms with Gasteiger partial charge in [-0.1, -0.05) is 23.4 Å². The highest BCUT2D eigenvalue weighted by atomic mass is 16.5. The lowest BCUT2D eigenvalue weighted by Crippen LogP contribution is -2.31. The molecule has 0 fully saturated rings.